The monoisotopic (exact) mass is 315 g/mol. The van der Waals surface area contributed by atoms with Crippen LogP contribution < -0.4 is 0 Å². The third kappa shape index (κ3) is 2.76. The Morgan fingerprint density at radius 3 is 2.48 bits per heavy atom. The highest BCUT2D eigenvalue weighted by Crippen LogP contribution is 2.34. The van der Waals surface area contributed by atoms with E-state index in [4.69, 9.17) is 23.2 Å². The summed E-state index contributed by atoms with van der Waals surface area (Å²) in [6.07, 6.45) is 1.82. The minimum absolute atomic E-state index is 0.455. The van der Waals surface area contributed by atoms with Gasteiger partial charge in [-0.3, -0.25) is 4.98 Å². The number of benzene rings is 2. The second-order valence-electron chi connectivity index (χ2n) is 5.43. The van der Waals surface area contributed by atoms with Gasteiger partial charge in [0.15, 0.2) is 0 Å². The molecule has 0 spiro atoms. The van der Waals surface area contributed by atoms with Crippen LogP contribution in [0.3, 0.4) is 0 Å². The van der Waals surface area contributed by atoms with Gasteiger partial charge in [0.2, 0.25) is 0 Å². The maximum atomic E-state index is 6.16. The SMILES string of the molecule is CC(C)c1cc(-c2ccc(Cl)c(Cl)c2)c2ncccc2c1. The Hall–Kier alpha value is -1.57. The van der Waals surface area contributed by atoms with Gasteiger partial charge in [-0.2, -0.15) is 0 Å². The largest absolute Gasteiger partial charge is 0.256 e. The van der Waals surface area contributed by atoms with Crippen molar-refractivity contribution in [2.75, 3.05) is 0 Å². The summed E-state index contributed by atoms with van der Waals surface area (Å²) < 4.78 is 0. The van der Waals surface area contributed by atoms with Crippen molar-refractivity contribution in [3.63, 3.8) is 0 Å². The minimum Gasteiger partial charge on any atom is -0.256 e. The lowest BCUT2D eigenvalue weighted by atomic mass is 9.94. The van der Waals surface area contributed by atoms with Crippen LogP contribution in [-0.4, -0.2) is 4.98 Å². The Morgan fingerprint density at radius 2 is 1.76 bits per heavy atom. The number of hydrogen-bond donors (Lipinski definition) is 0. The van der Waals surface area contributed by atoms with Gasteiger partial charge in [-0.15, -0.1) is 0 Å². The Balaban J connectivity index is 2.31. The molecule has 0 radical (unpaired) electrons. The number of hydrogen-bond acceptors (Lipinski definition) is 1. The predicted octanol–water partition coefficient (Wildman–Crippen LogP) is 6.33. The maximum absolute atomic E-state index is 6.16. The summed E-state index contributed by atoms with van der Waals surface area (Å²) in [5, 5.41) is 2.27. The van der Waals surface area contributed by atoms with E-state index in [2.05, 4.69) is 37.0 Å². The molecule has 0 N–H and O–H groups in total. The standard InChI is InChI=1S/C18H15Cl2N/c1-11(2)14-8-13-4-3-7-21-18(13)15(9-14)12-5-6-16(19)17(20)10-12/h3-11H,1-2H3. The Kier molecular flexibility index (Phi) is 3.88. The van der Waals surface area contributed by atoms with Crippen molar-refractivity contribution < 1.29 is 0 Å². The third-order valence-corrected chi connectivity index (χ3v) is 4.36. The zero-order valence-electron chi connectivity index (χ0n) is 11.9. The van der Waals surface area contributed by atoms with Crippen LogP contribution in [0.2, 0.25) is 10.0 Å². The molecule has 0 saturated heterocycles. The molecule has 3 rings (SSSR count). The van der Waals surface area contributed by atoms with E-state index in [0.717, 1.165) is 22.0 Å². The first-order chi connectivity index (χ1) is 10.1. The van der Waals surface area contributed by atoms with Gasteiger partial charge >= 0.3 is 0 Å². The molecule has 0 aliphatic rings. The van der Waals surface area contributed by atoms with Crippen LogP contribution in [-0.2, 0) is 0 Å². The molecule has 1 aromatic heterocycles. The highest BCUT2D eigenvalue weighted by molar-refractivity contribution is 6.42. The highest BCUT2D eigenvalue weighted by Gasteiger charge is 2.10. The highest BCUT2D eigenvalue weighted by atomic mass is 35.5. The molecule has 3 heteroatoms. The molecule has 0 amide bonds. The fourth-order valence-electron chi connectivity index (χ4n) is 2.43. The lowest BCUT2D eigenvalue weighted by Crippen LogP contribution is -1.92. The Morgan fingerprint density at radius 1 is 0.952 bits per heavy atom. The number of pyridine rings is 1. The summed E-state index contributed by atoms with van der Waals surface area (Å²) in [6, 6.07) is 14.2. The van der Waals surface area contributed by atoms with Gasteiger partial charge < -0.3 is 0 Å². The zero-order valence-corrected chi connectivity index (χ0v) is 13.4. The van der Waals surface area contributed by atoms with Crippen LogP contribution in [0, 0.1) is 0 Å². The average molecular weight is 316 g/mol. The van der Waals surface area contributed by atoms with E-state index in [1.165, 1.54) is 5.56 Å². The van der Waals surface area contributed by atoms with Gasteiger partial charge in [0.25, 0.3) is 0 Å². The van der Waals surface area contributed by atoms with Crippen LogP contribution in [0.1, 0.15) is 25.3 Å². The molecule has 3 aromatic rings. The van der Waals surface area contributed by atoms with E-state index in [0.29, 0.717) is 16.0 Å². The van der Waals surface area contributed by atoms with Crippen LogP contribution in [0.25, 0.3) is 22.0 Å². The van der Waals surface area contributed by atoms with Crippen molar-refractivity contribution in [1.29, 1.82) is 0 Å². The van der Waals surface area contributed by atoms with E-state index >= 15 is 0 Å². The molecule has 1 heterocycles. The molecule has 0 bridgehead atoms. The molecule has 0 atom stereocenters. The van der Waals surface area contributed by atoms with E-state index in [-0.39, 0.29) is 0 Å². The molecule has 1 nitrogen and oxygen atoms in total. The van der Waals surface area contributed by atoms with E-state index < -0.39 is 0 Å². The minimum atomic E-state index is 0.455. The van der Waals surface area contributed by atoms with E-state index in [1.54, 1.807) is 0 Å². The fourth-order valence-corrected chi connectivity index (χ4v) is 2.73. The van der Waals surface area contributed by atoms with Crippen LogP contribution >= 0.6 is 23.2 Å². The van der Waals surface area contributed by atoms with Gasteiger partial charge in [0.1, 0.15) is 0 Å². The summed E-state index contributed by atoms with van der Waals surface area (Å²) >= 11 is 12.2. The molecule has 106 valence electrons. The molecule has 0 aliphatic carbocycles. The second kappa shape index (κ2) is 5.67. The first kappa shape index (κ1) is 14.4. The van der Waals surface area contributed by atoms with E-state index in [9.17, 15) is 0 Å². The van der Waals surface area contributed by atoms with Crippen LogP contribution in [0.5, 0.6) is 0 Å². The molecule has 0 unspecified atom stereocenters. The van der Waals surface area contributed by atoms with Gasteiger partial charge in [-0.25, -0.2) is 0 Å². The van der Waals surface area contributed by atoms with Crippen molar-refractivity contribution >= 4 is 34.1 Å². The average Bonchev–Trinajstić information content (AvgIpc) is 2.49. The van der Waals surface area contributed by atoms with Crippen molar-refractivity contribution in [1.82, 2.24) is 4.98 Å². The summed E-state index contributed by atoms with van der Waals surface area (Å²) in [5.41, 5.74) is 4.41. The molecule has 0 aliphatic heterocycles. The maximum Gasteiger partial charge on any atom is 0.0780 e. The zero-order chi connectivity index (χ0) is 15.0. The van der Waals surface area contributed by atoms with Crippen molar-refractivity contribution in [3.8, 4) is 11.1 Å². The smallest absolute Gasteiger partial charge is 0.0780 e. The Bertz CT molecular complexity index is 809. The normalized spacial score (nSPS) is 11.3. The first-order valence-corrected chi connectivity index (χ1v) is 7.66. The molecule has 2 aromatic carbocycles. The van der Waals surface area contributed by atoms with Crippen LogP contribution in [0.15, 0.2) is 48.7 Å². The molecule has 21 heavy (non-hydrogen) atoms. The summed E-state index contributed by atoms with van der Waals surface area (Å²) in [4.78, 5) is 4.53. The van der Waals surface area contributed by atoms with Gasteiger partial charge in [0.05, 0.1) is 15.6 Å². The lowest BCUT2D eigenvalue weighted by Gasteiger charge is -2.12. The van der Waals surface area contributed by atoms with Gasteiger partial charge in [-0.1, -0.05) is 49.2 Å². The molecule has 0 saturated carbocycles. The topological polar surface area (TPSA) is 12.9 Å². The number of halogens is 2. The summed E-state index contributed by atoms with van der Waals surface area (Å²) in [5.74, 6) is 0.455. The Labute approximate surface area is 134 Å². The number of aromatic nitrogens is 1. The summed E-state index contributed by atoms with van der Waals surface area (Å²) in [7, 11) is 0. The lowest BCUT2D eigenvalue weighted by molar-refractivity contribution is 0.869. The van der Waals surface area contributed by atoms with Crippen LogP contribution in [0.4, 0.5) is 0 Å². The molecule has 0 fully saturated rings. The molecular formula is C18H15Cl2N. The fraction of sp³-hybridized carbons (Fsp3) is 0.167. The van der Waals surface area contributed by atoms with Crippen molar-refractivity contribution in [2.24, 2.45) is 0 Å². The van der Waals surface area contributed by atoms with Gasteiger partial charge in [0, 0.05) is 17.1 Å². The quantitative estimate of drug-likeness (QED) is 0.538. The number of fused-ring (bicyclic) bond motifs is 1. The predicted molar refractivity (Wildman–Crippen MR) is 91.3 cm³/mol. The van der Waals surface area contributed by atoms with Crippen molar-refractivity contribution in [2.45, 2.75) is 19.8 Å². The van der Waals surface area contributed by atoms with E-state index in [1.807, 2.05) is 30.5 Å². The molecular weight excluding hydrogens is 301 g/mol. The summed E-state index contributed by atoms with van der Waals surface area (Å²) in [6.45, 7) is 4.38. The number of rotatable bonds is 2. The first-order valence-electron chi connectivity index (χ1n) is 6.90. The number of nitrogens with zero attached hydrogens (tertiary/aromatic N) is 1. The second-order valence-corrected chi connectivity index (χ2v) is 6.24. The third-order valence-electron chi connectivity index (χ3n) is 3.62. The van der Waals surface area contributed by atoms with Crippen molar-refractivity contribution in [3.05, 3.63) is 64.3 Å². The van der Waals surface area contributed by atoms with Gasteiger partial charge in [-0.05, 0) is 47.4 Å².